The first-order chi connectivity index (χ1) is 23.2. The van der Waals surface area contributed by atoms with Gasteiger partial charge in [-0.05, 0) is 63.2 Å². The molecule has 0 aliphatic carbocycles. The molecule has 5 aromatic carbocycles. The van der Waals surface area contributed by atoms with E-state index < -0.39 is 11.2 Å². The number of aliphatic imine (C=N–C) groups is 1. The lowest BCUT2D eigenvalue weighted by Crippen LogP contribution is -2.49. The van der Waals surface area contributed by atoms with E-state index in [1.54, 1.807) is 13.8 Å². The molecule has 0 amide bonds. The Kier molecular flexibility index (Phi) is 8.36. The van der Waals surface area contributed by atoms with Crippen molar-refractivity contribution in [1.29, 1.82) is 0 Å². The molecule has 237 valence electrons. The van der Waals surface area contributed by atoms with Crippen LogP contribution in [0.4, 0.5) is 5.69 Å². The predicted molar refractivity (Wildman–Crippen MR) is 202 cm³/mol. The topological polar surface area (TPSA) is 54.7 Å². The van der Waals surface area contributed by atoms with Crippen molar-refractivity contribution in [3.05, 3.63) is 144 Å². The molecule has 7 rings (SSSR count). The van der Waals surface area contributed by atoms with E-state index in [4.69, 9.17) is 14.6 Å². The Balaban J connectivity index is 1.62. The summed E-state index contributed by atoms with van der Waals surface area (Å²) in [5.41, 5.74) is 9.54. The lowest BCUT2D eigenvalue weighted by Gasteiger charge is -2.37. The largest absolute Gasteiger partial charge is 0.427 e. The minimum Gasteiger partial charge on any atom is -0.427 e. The van der Waals surface area contributed by atoms with Crippen molar-refractivity contribution in [2.45, 2.75) is 58.7 Å². The van der Waals surface area contributed by atoms with E-state index in [-0.39, 0.29) is 0 Å². The summed E-state index contributed by atoms with van der Waals surface area (Å²) in [4.78, 5) is 11.0. The van der Waals surface area contributed by atoms with Crippen LogP contribution >= 0.6 is 0 Å². The molecule has 1 aliphatic heterocycles. The molecule has 0 saturated heterocycles. The van der Waals surface area contributed by atoms with Gasteiger partial charge < -0.3 is 9.76 Å². The van der Waals surface area contributed by atoms with Crippen molar-refractivity contribution in [2.24, 2.45) is 4.99 Å². The van der Waals surface area contributed by atoms with Crippen LogP contribution < -0.4 is 5.46 Å². The fourth-order valence-corrected chi connectivity index (χ4v) is 6.43. The van der Waals surface area contributed by atoms with Gasteiger partial charge in [-0.3, -0.25) is 0 Å². The monoisotopic (exact) mass is 627 g/mol. The molecule has 0 atom stereocenters. The lowest BCUT2D eigenvalue weighted by atomic mass is 9.76. The summed E-state index contributed by atoms with van der Waals surface area (Å²) in [7, 11) is 1.83. The van der Waals surface area contributed by atoms with E-state index in [1.807, 2.05) is 33.5 Å². The van der Waals surface area contributed by atoms with Gasteiger partial charge in [0.05, 0.1) is 33.8 Å². The number of rotatable bonds is 8. The number of para-hydroxylation sites is 1. The Morgan fingerprint density at radius 3 is 1.94 bits per heavy atom. The van der Waals surface area contributed by atoms with E-state index >= 15 is 0 Å². The van der Waals surface area contributed by atoms with Crippen molar-refractivity contribution in [3.8, 4) is 11.3 Å². The Hall–Kier alpha value is -4.84. The Labute approximate surface area is 284 Å². The molecule has 1 N–H and O–H groups in total. The number of fused-ring (bicyclic) bond motifs is 5. The number of pyridine rings is 1. The van der Waals surface area contributed by atoms with Crippen molar-refractivity contribution < 1.29 is 9.76 Å². The summed E-state index contributed by atoms with van der Waals surface area (Å²) in [6.45, 7) is 9.64. The first kappa shape index (κ1) is 31.7. The Bertz CT molecular complexity index is 2180. The van der Waals surface area contributed by atoms with Gasteiger partial charge in [0.1, 0.15) is 0 Å². The molecule has 0 saturated carbocycles. The summed E-state index contributed by atoms with van der Waals surface area (Å²) < 4.78 is 6.50. The van der Waals surface area contributed by atoms with Gasteiger partial charge in [-0.2, -0.15) is 0 Å². The van der Waals surface area contributed by atoms with Gasteiger partial charge in [-0.1, -0.05) is 128 Å². The SMILES string of the molecule is CCC1=C(c2ccccc2)C(c2ccccc2)=Nc2c(c([B]OC(C)(C)C(C)(C)O)cc3c(-c4ccccc4)nc4ccccc4c23)C1. The normalized spacial score (nSPS) is 13.8. The maximum absolute atomic E-state index is 11.0. The number of nitrogens with zero attached hydrogens (tertiary/aromatic N) is 2. The van der Waals surface area contributed by atoms with Crippen LogP contribution in [0, 0.1) is 0 Å². The summed E-state index contributed by atoms with van der Waals surface area (Å²) in [6.07, 6.45) is 1.55. The van der Waals surface area contributed by atoms with Crippen LogP contribution in [0.3, 0.4) is 0 Å². The maximum Gasteiger partial charge on any atom is 0.331 e. The third-order valence-corrected chi connectivity index (χ3v) is 9.84. The molecule has 0 unspecified atom stereocenters. The molecule has 4 nitrogen and oxygen atoms in total. The van der Waals surface area contributed by atoms with Crippen LogP contribution in [0.2, 0.25) is 0 Å². The second kappa shape index (κ2) is 12.6. The number of allylic oxidation sites excluding steroid dienone is 2. The number of aliphatic hydroxyl groups is 1. The average Bonchev–Trinajstić information content (AvgIpc) is 3.28. The van der Waals surface area contributed by atoms with Gasteiger partial charge in [-0.25, -0.2) is 9.98 Å². The van der Waals surface area contributed by atoms with E-state index in [0.717, 1.165) is 72.9 Å². The third-order valence-electron chi connectivity index (χ3n) is 9.84. The van der Waals surface area contributed by atoms with Gasteiger partial charge in [0.25, 0.3) is 0 Å². The van der Waals surface area contributed by atoms with Crippen LogP contribution in [0.1, 0.15) is 57.7 Å². The second-order valence-corrected chi connectivity index (χ2v) is 13.6. The zero-order valence-electron chi connectivity index (χ0n) is 28.3. The average molecular weight is 628 g/mol. The second-order valence-electron chi connectivity index (χ2n) is 13.6. The zero-order valence-corrected chi connectivity index (χ0v) is 28.3. The summed E-state index contributed by atoms with van der Waals surface area (Å²) in [5.74, 6) is 0. The molecule has 48 heavy (non-hydrogen) atoms. The van der Waals surface area contributed by atoms with Gasteiger partial charge in [0.15, 0.2) is 0 Å². The molecule has 2 heterocycles. The highest BCUT2D eigenvalue weighted by molar-refractivity contribution is 6.49. The van der Waals surface area contributed by atoms with Gasteiger partial charge in [0, 0.05) is 32.9 Å². The maximum atomic E-state index is 11.0. The number of hydrogen-bond donors (Lipinski definition) is 1. The minimum atomic E-state index is -1.07. The molecule has 1 radical (unpaired) electrons. The highest BCUT2D eigenvalue weighted by Gasteiger charge is 2.36. The predicted octanol–water partition coefficient (Wildman–Crippen LogP) is 9.41. The fourth-order valence-electron chi connectivity index (χ4n) is 6.43. The first-order valence-corrected chi connectivity index (χ1v) is 16.8. The Morgan fingerprint density at radius 2 is 1.31 bits per heavy atom. The summed E-state index contributed by atoms with van der Waals surface area (Å²) in [6, 6.07) is 42.1. The summed E-state index contributed by atoms with van der Waals surface area (Å²) in [5, 5.41) is 14.1. The van der Waals surface area contributed by atoms with E-state index in [1.165, 1.54) is 11.1 Å². The smallest absolute Gasteiger partial charge is 0.331 e. The van der Waals surface area contributed by atoms with Crippen molar-refractivity contribution in [3.63, 3.8) is 0 Å². The number of benzene rings is 5. The molecule has 1 aliphatic rings. The quantitative estimate of drug-likeness (QED) is 0.135. The van der Waals surface area contributed by atoms with E-state index in [9.17, 15) is 5.11 Å². The van der Waals surface area contributed by atoms with Gasteiger partial charge >= 0.3 is 7.48 Å². The van der Waals surface area contributed by atoms with Crippen molar-refractivity contribution in [1.82, 2.24) is 4.98 Å². The van der Waals surface area contributed by atoms with E-state index in [0.29, 0.717) is 6.42 Å². The molecule has 0 spiro atoms. The first-order valence-electron chi connectivity index (χ1n) is 16.8. The van der Waals surface area contributed by atoms with Crippen LogP contribution in [0.5, 0.6) is 0 Å². The number of hydrogen-bond acceptors (Lipinski definition) is 4. The lowest BCUT2D eigenvalue weighted by molar-refractivity contribution is -0.0893. The van der Waals surface area contributed by atoms with Crippen LogP contribution in [0.15, 0.2) is 132 Å². The van der Waals surface area contributed by atoms with Crippen LogP contribution in [0.25, 0.3) is 38.5 Å². The molecule has 1 aromatic heterocycles. The molecular formula is C43H40BN2O2. The fraction of sp³-hybridized carbons (Fsp3) is 0.209. The highest BCUT2D eigenvalue weighted by Crippen LogP contribution is 2.43. The molecular weight excluding hydrogens is 587 g/mol. The van der Waals surface area contributed by atoms with Gasteiger partial charge in [-0.15, -0.1) is 0 Å². The highest BCUT2D eigenvalue weighted by atomic mass is 16.5. The number of aromatic nitrogens is 1. The Morgan fingerprint density at radius 1 is 0.729 bits per heavy atom. The van der Waals surface area contributed by atoms with Crippen LogP contribution in [-0.2, 0) is 11.1 Å². The van der Waals surface area contributed by atoms with Crippen molar-refractivity contribution in [2.75, 3.05) is 0 Å². The molecule has 0 fully saturated rings. The summed E-state index contributed by atoms with van der Waals surface area (Å²) >= 11 is 0. The standard InChI is InChI=1S/C43H40BN2O2/c1-6-28-26-33-35(44-48-43(4,5)42(2,3)47)27-34-38(32-24-16-17-25-36(32)45-39(34)30-20-12-8-13-21-30)41(33)46-40(31-22-14-9-15-23-31)37(28)29-18-10-7-11-19-29/h7-25,27,47H,6,26H2,1-5H3. The van der Waals surface area contributed by atoms with E-state index in [2.05, 4.69) is 116 Å². The van der Waals surface area contributed by atoms with Gasteiger partial charge in [0.2, 0.25) is 0 Å². The van der Waals surface area contributed by atoms with Crippen LogP contribution in [-0.4, -0.2) is 34.5 Å². The van der Waals surface area contributed by atoms with Crippen molar-refractivity contribution >= 4 is 51.6 Å². The molecule has 6 aromatic rings. The third kappa shape index (κ3) is 5.78. The minimum absolute atomic E-state index is 0.696. The molecule has 0 bridgehead atoms. The zero-order chi connectivity index (χ0) is 33.5. The molecule has 5 heteroatoms.